The SMILES string of the molecule is [2H]c1c([2H])c([2H])c(-c2cccc(-c3cc(C(C)(C)C)cc(C(C)(C)C)c3)c2N2[CH-]N(c3[c-]c(Oc4[c-]c5c(cc4)c4c6sc7ccccc7c6ccc4n5-c4cc(C([2H])([2H])C(C)(C)C)ccn4)cc(C(C)(C)C)c3)c3ccccc32)c([2H])c1[2H].[Pt]. The van der Waals surface area contributed by atoms with Crippen molar-refractivity contribution in [3.05, 3.63) is 211 Å². The summed E-state index contributed by atoms with van der Waals surface area (Å²) in [4.78, 5) is 9.10. The second-order valence-electron chi connectivity index (χ2n) is 24.4. The number of anilines is 4. The first-order valence-electron chi connectivity index (χ1n) is 29.9. The summed E-state index contributed by atoms with van der Waals surface area (Å²) in [6, 6.07) is 50.8. The zero-order valence-electron chi connectivity index (χ0n) is 53.3. The van der Waals surface area contributed by atoms with E-state index < -0.39 is 29.9 Å². The average molecular weight is 1230 g/mol. The molecule has 7 heteroatoms. The summed E-state index contributed by atoms with van der Waals surface area (Å²) in [5.41, 5.74) is 9.35. The van der Waals surface area contributed by atoms with Crippen LogP contribution in [0.25, 0.3) is 70.0 Å². The maximum atomic E-state index is 9.35. The van der Waals surface area contributed by atoms with Crippen LogP contribution in [0.5, 0.6) is 11.5 Å². The summed E-state index contributed by atoms with van der Waals surface area (Å²) in [6.45, 7) is 27.5. The van der Waals surface area contributed by atoms with Crippen LogP contribution in [0.2, 0.25) is 0 Å². The fourth-order valence-electron chi connectivity index (χ4n) is 10.6. The van der Waals surface area contributed by atoms with Gasteiger partial charge in [0.2, 0.25) is 0 Å². The number of para-hydroxylation sites is 3. The van der Waals surface area contributed by atoms with Crippen LogP contribution in [-0.2, 0) is 43.7 Å². The molecule has 12 rings (SSSR count). The fraction of sp³-hybridized carbons (Fsp3) is 0.239. The van der Waals surface area contributed by atoms with Crippen molar-refractivity contribution in [2.45, 2.75) is 106 Å². The van der Waals surface area contributed by atoms with Crippen LogP contribution in [0.3, 0.4) is 0 Å². The first-order chi connectivity index (χ1) is 39.5. The van der Waals surface area contributed by atoms with E-state index in [1.54, 1.807) is 23.6 Å². The standard InChI is InChI=1S/C71H67N4OS.Pt/c1-68(2,3)43-45-33-34-72-64(35-45)75-61-32-31-57-56-23-16-19-28-63(56)77-67(57)65(61)58-30-29-52(42-62(58)75)76-53-40-50(71(10,11)12)39-51(41-53)73-44-74(60-27-18-17-26-59(60)73)66-54(46-21-14-13-15-22-46)24-20-25-55(66)47-36-48(69(4,5)6)38-49(37-47)70(7,8)9;/h13-40,44H,43H2,1-12H3;/q-3;/i13D,14D,15D,21D,22D,43D2;. The molecule has 396 valence electrons. The molecule has 8 aromatic carbocycles. The third kappa shape index (κ3) is 9.85. The van der Waals surface area contributed by atoms with Crippen LogP contribution in [0, 0.1) is 24.2 Å². The molecule has 78 heavy (non-hydrogen) atoms. The van der Waals surface area contributed by atoms with Gasteiger partial charge in [-0.25, -0.2) is 4.98 Å². The average Bonchev–Trinajstić information content (AvgIpc) is 1.68. The smallest absolute Gasteiger partial charge is 0.135 e. The van der Waals surface area contributed by atoms with Crippen LogP contribution in [0.4, 0.5) is 22.7 Å². The Morgan fingerprint density at radius 3 is 1.94 bits per heavy atom. The molecule has 11 aromatic rings. The molecule has 0 spiro atoms. The summed E-state index contributed by atoms with van der Waals surface area (Å²) >= 11 is 1.75. The number of nitrogens with zero attached hydrogens (tertiary/aromatic N) is 4. The minimum absolute atomic E-state index is 0. The maximum absolute atomic E-state index is 9.35. The number of thiophene rings is 1. The number of aromatic nitrogens is 2. The van der Waals surface area contributed by atoms with E-state index in [9.17, 15) is 5.48 Å². The molecule has 0 atom stereocenters. The van der Waals surface area contributed by atoms with Crippen LogP contribution in [0.1, 0.15) is 115 Å². The summed E-state index contributed by atoms with van der Waals surface area (Å²) in [5, 5.41) is 4.36. The molecule has 0 radical (unpaired) electrons. The predicted octanol–water partition coefficient (Wildman–Crippen LogP) is 20.2. The number of fused-ring (bicyclic) bond motifs is 8. The normalized spacial score (nSPS) is 14.7. The van der Waals surface area contributed by atoms with Gasteiger partial charge in [0.1, 0.15) is 5.82 Å². The van der Waals surface area contributed by atoms with E-state index in [2.05, 4.69) is 168 Å². The molecule has 1 aliphatic rings. The van der Waals surface area contributed by atoms with E-state index in [-0.39, 0.29) is 55.0 Å². The molecule has 0 N–H and O–H groups in total. The van der Waals surface area contributed by atoms with E-state index in [1.807, 2.05) is 76.0 Å². The van der Waals surface area contributed by atoms with Crippen LogP contribution in [-0.4, -0.2) is 9.55 Å². The van der Waals surface area contributed by atoms with Crippen molar-refractivity contribution in [2.24, 2.45) is 5.41 Å². The number of hydrogen-bond acceptors (Lipinski definition) is 5. The van der Waals surface area contributed by atoms with Gasteiger partial charge >= 0.3 is 0 Å². The van der Waals surface area contributed by atoms with E-state index in [0.717, 1.165) is 71.1 Å². The van der Waals surface area contributed by atoms with E-state index in [0.29, 0.717) is 39.8 Å². The Kier molecular flexibility index (Phi) is 11.4. The summed E-state index contributed by atoms with van der Waals surface area (Å²) in [7, 11) is 0. The molecule has 0 bridgehead atoms. The summed E-state index contributed by atoms with van der Waals surface area (Å²) in [6.07, 6.45) is 0.0239. The Morgan fingerprint density at radius 1 is 0.603 bits per heavy atom. The Labute approximate surface area is 489 Å². The molecule has 0 saturated heterocycles. The quantitative estimate of drug-likeness (QED) is 0.142. The molecule has 3 aromatic heterocycles. The Balaban J connectivity index is 0.00000752. The maximum Gasteiger partial charge on any atom is 0.135 e. The van der Waals surface area contributed by atoms with Gasteiger partial charge in [-0.3, -0.25) is 0 Å². The van der Waals surface area contributed by atoms with E-state index in [4.69, 9.17) is 13.8 Å². The molecule has 5 nitrogen and oxygen atoms in total. The number of rotatable bonds is 8. The van der Waals surface area contributed by atoms with Crippen molar-refractivity contribution >= 4 is 76.1 Å². The van der Waals surface area contributed by atoms with Gasteiger partial charge in [-0.2, -0.15) is 6.07 Å². The first-order valence-corrected chi connectivity index (χ1v) is 27.3. The van der Waals surface area contributed by atoms with Crippen LogP contribution < -0.4 is 14.5 Å². The molecule has 0 amide bonds. The molecule has 0 aliphatic carbocycles. The molecule has 0 saturated carbocycles. The van der Waals surface area contributed by atoms with Crippen molar-refractivity contribution < 1.29 is 35.4 Å². The summed E-state index contributed by atoms with van der Waals surface area (Å²) < 4.78 is 74.9. The zero-order chi connectivity index (χ0) is 59.9. The van der Waals surface area contributed by atoms with Gasteiger partial charge in [0.05, 0.1) is 6.85 Å². The van der Waals surface area contributed by atoms with Gasteiger partial charge in [-0.15, -0.1) is 65.0 Å². The molecule has 0 fully saturated rings. The van der Waals surface area contributed by atoms with E-state index in [1.165, 1.54) is 10.1 Å². The minimum Gasteiger partial charge on any atom is -0.509 e. The third-order valence-corrected chi connectivity index (χ3v) is 15.7. The number of pyridine rings is 1. The fourth-order valence-corrected chi connectivity index (χ4v) is 11.8. The van der Waals surface area contributed by atoms with Crippen molar-refractivity contribution in [3.63, 3.8) is 0 Å². The second-order valence-corrected chi connectivity index (χ2v) is 25.5. The summed E-state index contributed by atoms with van der Waals surface area (Å²) in [5.74, 6) is 1.48. The topological polar surface area (TPSA) is 33.5 Å². The van der Waals surface area contributed by atoms with E-state index >= 15 is 0 Å². The molecular weight excluding hydrogens is 1150 g/mol. The Hall–Kier alpha value is -6.98. The predicted molar refractivity (Wildman–Crippen MR) is 327 cm³/mol. The number of ether oxygens (including phenoxy) is 1. The van der Waals surface area contributed by atoms with Gasteiger partial charge in [-0.1, -0.05) is 192 Å². The van der Waals surface area contributed by atoms with Crippen molar-refractivity contribution in [3.8, 4) is 39.6 Å². The molecule has 1 aliphatic heterocycles. The molecule has 0 unspecified atom stereocenters. The number of hydrogen-bond donors (Lipinski definition) is 0. The van der Waals surface area contributed by atoms with Crippen LogP contribution in [0.15, 0.2) is 170 Å². The monoisotopic (exact) mass is 1230 g/mol. The minimum atomic E-state index is -1.67. The van der Waals surface area contributed by atoms with Crippen molar-refractivity contribution in [1.82, 2.24) is 9.55 Å². The number of benzene rings is 8. The van der Waals surface area contributed by atoms with Gasteiger partial charge in [0.25, 0.3) is 0 Å². The Morgan fingerprint density at radius 2 is 1.24 bits per heavy atom. The largest absolute Gasteiger partial charge is 0.509 e. The van der Waals surface area contributed by atoms with Gasteiger partial charge in [-0.05, 0) is 97.6 Å². The third-order valence-electron chi connectivity index (χ3n) is 14.5. The van der Waals surface area contributed by atoms with Crippen molar-refractivity contribution in [2.75, 3.05) is 9.80 Å². The Bertz CT molecular complexity index is 4440. The van der Waals surface area contributed by atoms with Gasteiger partial charge in [0, 0.05) is 95.4 Å². The molecular formula is C71H67N4OPtS-3. The van der Waals surface area contributed by atoms with Gasteiger partial charge in [0.15, 0.2) is 0 Å². The second kappa shape index (κ2) is 19.7. The molecule has 4 heterocycles. The van der Waals surface area contributed by atoms with Gasteiger partial charge < -0.3 is 19.1 Å². The first kappa shape index (κ1) is 44.9. The van der Waals surface area contributed by atoms with Crippen LogP contribution >= 0.6 is 11.3 Å². The zero-order valence-corrected chi connectivity index (χ0v) is 49.4. The van der Waals surface area contributed by atoms with Crippen molar-refractivity contribution in [1.29, 1.82) is 0 Å².